The normalized spacial score (nSPS) is 22.7. The van der Waals surface area contributed by atoms with Crippen molar-refractivity contribution < 1.29 is 14.6 Å². The van der Waals surface area contributed by atoms with E-state index in [9.17, 15) is 9.90 Å². The van der Waals surface area contributed by atoms with Gasteiger partial charge in [-0.15, -0.1) is 0 Å². The maximum Gasteiger partial charge on any atom is 0.328 e. The summed E-state index contributed by atoms with van der Waals surface area (Å²) in [5.74, 6) is -0.223. The van der Waals surface area contributed by atoms with Gasteiger partial charge in [-0.25, -0.2) is 4.79 Å². The van der Waals surface area contributed by atoms with Gasteiger partial charge in [0.2, 0.25) is 0 Å². The zero-order valence-electron chi connectivity index (χ0n) is 12.1. The summed E-state index contributed by atoms with van der Waals surface area (Å²) in [4.78, 5) is 11.9. The number of fused-ring (bicyclic) bond motifs is 1. The van der Waals surface area contributed by atoms with Crippen molar-refractivity contribution in [2.24, 2.45) is 5.41 Å². The van der Waals surface area contributed by atoms with Crippen molar-refractivity contribution in [1.29, 1.82) is 0 Å². The molecule has 0 fully saturated rings. The predicted molar refractivity (Wildman–Crippen MR) is 72.8 cm³/mol. The second-order valence-corrected chi connectivity index (χ2v) is 6.11. The van der Waals surface area contributed by atoms with Gasteiger partial charge in [0.1, 0.15) is 6.04 Å². The first-order valence-corrected chi connectivity index (χ1v) is 6.90. The van der Waals surface area contributed by atoms with Crippen LogP contribution in [0, 0.1) is 5.41 Å². The lowest BCUT2D eigenvalue weighted by atomic mass is 9.75. The average Bonchev–Trinajstić information content (AvgIpc) is 2.70. The summed E-state index contributed by atoms with van der Waals surface area (Å²) in [7, 11) is 0. The molecule has 2 unspecified atom stereocenters. The lowest BCUT2D eigenvalue weighted by Crippen LogP contribution is -2.29. The minimum absolute atomic E-state index is 0.0525. The molecule has 19 heavy (non-hydrogen) atoms. The predicted octanol–water partition coefficient (Wildman–Crippen LogP) is 2.62. The van der Waals surface area contributed by atoms with E-state index in [4.69, 9.17) is 4.74 Å². The molecule has 0 saturated carbocycles. The summed E-state index contributed by atoms with van der Waals surface area (Å²) in [6, 6.07) is 1.58. The van der Waals surface area contributed by atoms with Crippen molar-refractivity contribution in [2.45, 2.75) is 52.7 Å². The van der Waals surface area contributed by atoms with E-state index in [0.717, 1.165) is 24.1 Å². The number of carbonyl (C=O) groups excluding carboxylic acids is 1. The fourth-order valence-corrected chi connectivity index (χ4v) is 2.89. The largest absolute Gasteiger partial charge is 0.464 e. The Morgan fingerprint density at radius 3 is 2.95 bits per heavy atom. The van der Waals surface area contributed by atoms with Crippen LogP contribution in [0.15, 0.2) is 12.3 Å². The molecule has 2 rings (SSSR count). The number of esters is 1. The highest BCUT2D eigenvalue weighted by atomic mass is 16.5. The van der Waals surface area contributed by atoms with Crippen LogP contribution in [0.5, 0.6) is 0 Å². The fraction of sp³-hybridized carbons (Fsp3) is 0.667. The Balaban J connectivity index is 2.32. The molecular weight excluding hydrogens is 242 g/mol. The van der Waals surface area contributed by atoms with Crippen LogP contribution in [-0.4, -0.2) is 22.2 Å². The van der Waals surface area contributed by atoms with Crippen LogP contribution in [0.3, 0.4) is 0 Å². The summed E-state index contributed by atoms with van der Waals surface area (Å²) in [5, 5.41) is 10.2. The Bertz CT molecular complexity index is 476. The zero-order valence-corrected chi connectivity index (χ0v) is 12.1. The van der Waals surface area contributed by atoms with E-state index in [-0.39, 0.29) is 17.4 Å². The number of ether oxygens (including phenoxy) is 1. The molecule has 1 aliphatic rings. The first-order chi connectivity index (χ1) is 8.85. The van der Waals surface area contributed by atoms with E-state index >= 15 is 0 Å². The molecule has 1 aromatic heterocycles. The molecule has 0 amide bonds. The molecule has 0 aromatic carbocycles. The molecule has 0 aliphatic heterocycles. The quantitative estimate of drug-likeness (QED) is 0.855. The van der Waals surface area contributed by atoms with Crippen LogP contribution in [0.25, 0.3) is 0 Å². The van der Waals surface area contributed by atoms with Gasteiger partial charge in [0.25, 0.3) is 0 Å². The number of aliphatic hydroxyl groups excluding tert-OH is 1. The van der Waals surface area contributed by atoms with Crippen molar-refractivity contribution in [3.8, 4) is 0 Å². The van der Waals surface area contributed by atoms with Gasteiger partial charge in [-0.2, -0.15) is 0 Å². The van der Waals surface area contributed by atoms with Gasteiger partial charge in [0, 0.05) is 17.5 Å². The Labute approximate surface area is 114 Å². The molecule has 0 bridgehead atoms. The van der Waals surface area contributed by atoms with Gasteiger partial charge in [-0.3, -0.25) is 0 Å². The number of carbonyl (C=O) groups is 1. The highest BCUT2D eigenvalue weighted by molar-refractivity contribution is 5.74. The van der Waals surface area contributed by atoms with E-state index in [1.54, 1.807) is 0 Å². The van der Waals surface area contributed by atoms with Crippen LogP contribution in [0.4, 0.5) is 0 Å². The van der Waals surface area contributed by atoms with E-state index in [2.05, 4.69) is 13.8 Å². The number of rotatable bonds is 3. The van der Waals surface area contributed by atoms with Gasteiger partial charge in [0.05, 0.1) is 12.7 Å². The molecule has 1 aromatic rings. The number of hydrogen-bond donors (Lipinski definition) is 1. The maximum absolute atomic E-state index is 11.9. The van der Waals surface area contributed by atoms with Crippen molar-refractivity contribution >= 4 is 5.97 Å². The number of hydrogen-bond acceptors (Lipinski definition) is 3. The monoisotopic (exact) mass is 265 g/mol. The van der Waals surface area contributed by atoms with Gasteiger partial charge in [-0.1, -0.05) is 13.8 Å². The van der Waals surface area contributed by atoms with Gasteiger partial charge in [0.15, 0.2) is 0 Å². The maximum atomic E-state index is 11.9. The highest BCUT2D eigenvalue weighted by Crippen LogP contribution is 2.41. The van der Waals surface area contributed by atoms with Gasteiger partial charge < -0.3 is 14.4 Å². The van der Waals surface area contributed by atoms with Crippen LogP contribution in [-0.2, 0) is 16.0 Å². The van der Waals surface area contributed by atoms with Crippen LogP contribution in [0.1, 0.15) is 57.5 Å². The first kappa shape index (κ1) is 14.1. The Hall–Kier alpha value is -1.29. The molecule has 1 N–H and O–H groups in total. The molecule has 0 spiro atoms. The van der Waals surface area contributed by atoms with Crippen molar-refractivity contribution in [1.82, 2.24) is 4.57 Å². The number of aliphatic hydroxyl groups is 1. The summed E-state index contributed by atoms with van der Waals surface area (Å²) >= 11 is 0. The summed E-state index contributed by atoms with van der Waals surface area (Å²) in [6.07, 6.45) is 3.08. The molecule has 1 heterocycles. The third-order valence-electron chi connectivity index (χ3n) is 3.86. The first-order valence-electron chi connectivity index (χ1n) is 6.90. The van der Waals surface area contributed by atoms with Gasteiger partial charge >= 0.3 is 5.97 Å². The topological polar surface area (TPSA) is 51.5 Å². The second-order valence-electron chi connectivity index (χ2n) is 6.11. The Morgan fingerprint density at radius 1 is 1.63 bits per heavy atom. The molecule has 2 atom stereocenters. The van der Waals surface area contributed by atoms with Gasteiger partial charge in [-0.05, 0) is 38.2 Å². The molecule has 0 saturated heterocycles. The third-order valence-corrected chi connectivity index (χ3v) is 3.86. The number of aromatic nitrogens is 1. The molecule has 0 radical (unpaired) electrons. The molecule has 1 aliphatic carbocycles. The van der Waals surface area contributed by atoms with E-state index < -0.39 is 6.10 Å². The minimum Gasteiger partial charge on any atom is -0.464 e. The number of nitrogens with zero attached hydrogens (tertiary/aromatic N) is 1. The van der Waals surface area contributed by atoms with E-state index in [0.29, 0.717) is 6.61 Å². The third kappa shape index (κ3) is 2.68. The molecule has 106 valence electrons. The Morgan fingerprint density at radius 2 is 2.32 bits per heavy atom. The van der Waals surface area contributed by atoms with E-state index in [1.807, 2.05) is 30.7 Å². The van der Waals surface area contributed by atoms with Crippen molar-refractivity contribution in [2.75, 3.05) is 6.61 Å². The summed E-state index contributed by atoms with van der Waals surface area (Å²) in [6.45, 7) is 8.33. The zero-order chi connectivity index (χ0) is 14.2. The SMILES string of the molecule is CCOC(=O)C(C)n1ccc2c1CC(C)(C)CC2O. The minimum atomic E-state index is -0.436. The van der Waals surface area contributed by atoms with Crippen LogP contribution in [0.2, 0.25) is 0 Å². The van der Waals surface area contributed by atoms with Crippen molar-refractivity contribution in [3.05, 3.63) is 23.5 Å². The van der Waals surface area contributed by atoms with Crippen LogP contribution >= 0.6 is 0 Å². The van der Waals surface area contributed by atoms with Crippen molar-refractivity contribution in [3.63, 3.8) is 0 Å². The standard InChI is InChI=1S/C15H23NO3/c1-5-19-14(18)10(2)16-7-6-11-12(16)8-15(3,4)9-13(11)17/h6-7,10,13,17H,5,8-9H2,1-4H3. The second kappa shape index (κ2) is 5.00. The average molecular weight is 265 g/mol. The lowest BCUT2D eigenvalue weighted by Gasteiger charge is -2.34. The summed E-state index contributed by atoms with van der Waals surface area (Å²) < 4.78 is 7.02. The smallest absolute Gasteiger partial charge is 0.328 e. The molecule has 4 heteroatoms. The molecule has 4 nitrogen and oxygen atoms in total. The molecular formula is C15H23NO3. The Kier molecular flexibility index (Phi) is 3.72. The fourth-order valence-electron chi connectivity index (χ4n) is 2.89. The van der Waals surface area contributed by atoms with Crippen LogP contribution < -0.4 is 0 Å². The van der Waals surface area contributed by atoms with E-state index in [1.165, 1.54) is 0 Å². The lowest BCUT2D eigenvalue weighted by molar-refractivity contribution is -0.146. The summed E-state index contributed by atoms with van der Waals surface area (Å²) in [5.41, 5.74) is 2.07. The highest BCUT2D eigenvalue weighted by Gasteiger charge is 2.34.